The van der Waals surface area contributed by atoms with Crippen LogP contribution in [0.15, 0.2) is 30.3 Å². The molecule has 0 aliphatic carbocycles. The molecule has 1 aromatic heterocycles. The van der Waals surface area contributed by atoms with Gasteiger partial charge in [0.15, 0.2) is 11.6 Å². The van der Waals surface area contributed by atoms with Crippen LogP contribution in [0.5, 0.6) is 0 Å². The quantitative estimate of drug-likeness (QED) is 0.880. The van der Waals surface area contributed by atoms with E-state index in [-0.39, 0.29) is 6.04 Å². The maximum absolute atomic E-state index is 13.8. The van der Waals surface area contributed by atoms with Crippen molar-refractivity contribution in [3.63, 3.8) is 0 Å². The van der Waals surface area contributed by atoms with Gasteiger partial charge in [-0.3, -0.25) is 0 Å². The highest BCUT2D eigenvalue weighted by atomic mass is 35.5. The number of thiophene rings is 1. The third kappa shape index (κ3) is 2.71. The molecular formula is C13H12ClF2NS. The first kappa shape index (κ1) is 13.5. The lowest BCUT2D eigenvalue weighted by atomic mass is 10.0. The van der Waals surface area contributed by atoms with Gasteiger partial charge < -0.3 is 5.32 Å². The summed E-state index contributed by atoms with van der Waals surface area (Å²) in [6, 6.07) is 7.41. The zero-order valence-electron chi connectivity index (χ0n) is 9.71. The molecule has 1 heterocycles. The number of nitrogens with one attached hydrogen (secondary N) is 1. The van der Waals surface area contributed by atoms with Gasteiger partial charge >= 0.3 is 0 Å². The van der Waals surface area contributed by atoms with Gasteiger partial charge in [-0.25, -0.2) is 8.78 Å². The SMILES string of the molecule is CCNC(c1ccc(Cl)s1)c1cccc(F)c1F. The van der Waals surface area contributed by atoms with Gasteiger partial charge in [-0.15, -0.1) is 11.3 Å². The molecule has 0 radical (unpaired) electrons. The summed E-state index contributed by atoms with van der Waals surface area (Å²) >= 11 is 7.25. The molecule has 0 fully saturated rings. The molecular weight excluding hydrogens is 276 g/mol. The van der Waals surface area contributed by atoms with Gasteiger partial charge in [-0.2, -0.15) is 0 Å². The van der Waals surface area contributed by atoms with Gasteiger partial charge in [-0.05, 0) is 24.7 Å². The van der Waals surface area contributed by atoms with E-state index in [1.54, 1.807) is 12.1 Å². The summed E-state index contributed by atoms with van der Waals surface area (Å²) in [5.41, 5.74) is 0.301. The smallest absolute Gasteiger partial charge is 0.163 e. The van der Waals surface area contributed by atoms with Crippen molar-refractivity contribution >= 4 is 22.9 Å². The van der Waals surface area contributed by atoms with Gasteiger partial charge in [0, 0.05) is 10.4 Å². The molecule has 0 bridgehead atoms. The fourth-order valence-electron chi connectivity index (χ4n) is 1.79. The van der Waals surface area contributed by atoms with E-state index in [0.29, 0.717) is 16.4 Å². The molecule has 0 saturated heterocycles. The van der Waals surface area contributed by atoms with Gasteiger partial charge in [0.25, 0.3) is 0 Å². The van der Waals surface area contributed by atoms with Crippen molar-refractivity contribution in [1.82, 2.24) is 5.32 Å². The predicted octanol–water partition coefficient (Wildman–Crippen LogP) is 4.38. The number of rotatable bonds is 4. The number of benzene rings is 1. The van der Waals surface area contributed by atoms with Gasteiger partial charge in [0.05, 0.1) is 10.4 Å². The predicted molar refractivity (Wildman–Crippen MR) is 71.2 cm³/mol. The number of hydrogen-bond donors (Lipinski definition) is 1. The molecule has 5 heteroatoms. The van der Waals surface area contributed by atoms with Crippen LogP contribution in [0.3, 0.4) is 0 Å². The zero-order chi connectivity index (χ0) is 13.1. The van der Waals surface area contributed by atoms with E-state index in [2.05, 4.69) is 5.32 Å². The molecule has 18 heavy (non-hydrogen) atoms. The summed E-state index contributed by atoms with van der Waals surface area (Å²) in [5, 5.41) is 3.14. The van der Waals surface area contributed by atoms with E-state index < -0.39 is 11.6 Å². The maximum atomic E-state index is 13.8. The molecule has 1 nitrogen and oxygen atoms in total. The Balaban J connectivity index is 2.44. The van der Waals surface area contributed by atoms with E-state index in [0.717, 1.165) is 10.9 Å². The van der Waals surface area contributed by atoms with Crippen molar-refractivity contribution in [2.45, 2.75) is 13.0 Å². The Bertz CT molecular complexity index is 542. The number of hydrogen-bond acceptors (Lipinski definition) is 2. The van der Waals surface area contributed by atoms with E-state index in [1.165, 1.54) is 17.4 Å². The lowest BCUT2D eigenvalue weighted by molar-refractivity contribution is 0.484. The average molecular weight is 288 g/mol. The fourth-order valence-corrected chi connectivity index (χ4v) is 2.95. The molecule has 0 aliphatic rings. The monoisotopic (exact) mass is 287 g/mol. The van der Waals surface area contributed by atoms with Crippen LogP contribution in [0.1, 0.15) is 23.4 Å². The number of halogens is 3. The zero-order valence-corrected chi connectivity index (χ0v) is 11.3. The van der Waals surface area contributed by atoms with E-state index in [9.17, 15) is 8.78 Å². The largest absolute Gasteiger partial charge is 0.306 e. The van der Waals surface area contributed by atoms with E-state index >= 15 is 0 Å². The Hall–Kier alpha value is -0.970. The van der Waals surface area contributed by atoms with Crippen LogP contribution in [0, 0.1) is 11.6 Å². The summed E-state index contributed by atoms with van der Waals surface area (Å²) in [6.07, 6.45) is 0. The molecule has 2 aromatic rings. The second-order valence-corrected chi connectivity index (χ2v) is 5.52. The molecule has 1 aromatic carbocycles. The van der Waals surface area contributed by atoms with Crippen LogP contribution in [-0.4, -0.2) is 6.54 Å². The second kappa shape index (κ2) is 5.78. The molecule has 0 amide bonds. The molecule has 96 valence electrons. The van der Waals surface area contributed by atoms with Crippen molar-refractivity contribution in [3.05, 3.63) is 56.7 Å². The maximum Gasteiger partial charge on any atom is 0.163 e. The first-order valence-electron chi connectivity index (χ1n) is 5.56. The Labute approximate surface area is 113 Å². The highest BCUT2D eigenvalue weighted by Crippen LogP contribution is 2.32. The fraction of sp³-hybridized carbons (Fsp3) is 0.231. The van der Waals surface area contributed by atoms with Gasteiger partial charge in [-0.1, -0.05) is 30.7 Å². The summed E-state index contributed by atoms with van der Waals surface area (Å²) in [5.74, 6) is -1.65. The van der Waals surface area contributed by atoms with E-state index in [4.69, 9.17) is 11.6 Å². The Morgan fingerprint density at radius 2 is 2.06 bits per heavy atom. The summed E-state index contributed by atoms with van der Waals surface area (Å²) < 4.78 is 27.7. The Morgan fingerprint density at radius 1 is 1.28 bits per heavy atom. The standard InChI is InChI=1S/C13H12ClF2NS/c1-2-17-13(10-6-7-11(14)18-10)8-4-3-5-9(15)12(8)16/h3-7,13,17H,2H2,1H3. The van der Waals surface area contributed by atoms with Crippen molar-refractivity contribution in [3.8, 4) is 0 Å². The highest BCUT2D eigenvalue weighted by Gasteiger charge is 2.20. The van der Waals surface area contributed by atoms with Crippen molar-refractivity contribution in [1.29, 1.82) is 0 Å². The summed E-state index contributed by atoms with van der Waals surface area (Å²) in [6.45, 7) is 2.57. The van der Waals surface area contributed by atoms with Crippen LogP contribution < -0.4 is 5.32 Å². The van der Waals surface area contributed by atoms with Crippen LogP contribution in [-0.2, 0) is 0 Å². The molecule has 0 saturated carbocycles. The highest BCUT2D eigenvalue weighted by molar-refractivity contribution is 7.16. The third-order valence-corrected chi connectivity index (χ3v) is 3.88. The minimum Gasteiger partial charge on any atom is -0.306 e. The minimum absolute atomic E-state index is 0.301. The topological polar surface area (TPSA) is 12.0 Å². The first-order chi connectivity index (χ1) is 8.63. The Kier molecular flexibility index (Phi) is 4.32. The van der Waals surface area contributed by atoms with Crippen LogP contribution in [0.25, 0.3) is 0 Å². The van der Waals surface area contributed by atoms with Crippen molar-refractivity contribution in [2.75, 3.05) is 6.54 Å². The minimum atomic E-state index is -0.835. The lowest BCUT2D eigenvalue weighted by Gasteiger charge is -2.17. The average Bonchev–Trinajstić information content (AvgIpc) is 2.77. The van der Waals surface area contributed by atoms with E-state index in [1.807, 2.05) is 13.0 Å². The summed E-state index contributed by atoms with van der Waals surface area (Å²) in [4.78, 5) is 0.867. The Morgan fingerprint density at radius 3 is 2.67 bits per heavy atom. The normalized spacial score (nSPS) is 12.7. The van der Waals surface area contributed by atoms with Crippen molar-refractivity contribution < 1.29 is 8.78 Å². The van der Waals surface area contributed by atoms with Gasteiger partial charge in [0.2, 0.25) is 0 Å². The molecule has 2 rings (SSSR count). The van der Waals surface area contributed by atoms with Crippen LogP contribution >= 0.6 is 22.9 Å². The summed E-state index contributed by atoms with van der Waals surface area (Å²) in [7, 11) is 0. The lowest BCUT2D eigenvalue weighted by Crippen LogP contribution is -2.22. The van der Waals surface area contributed by atoms with Gasteiger partial charge in [0.1, 0.15) is 0 Å². The first-order valence-corrected chi connectivity index (χ1v) is 6.75. The molecule has 1 atom stereocenters. The van der Waals surface area contributed by atoms with Crippen LogP contribution in [0.2, 0.25) is 4.34 Å². The molecule has 0 aliphatic heterocycles. The molecule has 1 N–H and O–H groups in total. The third-order valence-electron chi connectivity index (χ3n) is 2.58. The van der Waals surface area contributed by atoms with Crippen molar-refractivity contribution in [2.24, 2.45) is 0 Å². The second-order valence-electron chi connectivity index (χ2n) is 3.78. The molecule has 0 spiro atoms. The van der Waals surface area contributed by atoms with Crippen LogP contribution in [0.4, 0.5) is 8.78 Å². The molecule has 1 unspecified atom stereocenters.